The van der Waals surface area contributed by atoms with Gasteiger partial charge < -0.3 is 20.9 Å². The quantitative estimate of drug-likeness (QED) is 0.483. The van der Waals surface area contributed by atoms with Gasteiger partial charge in [0.2, 0.25) is 5.91 Å². The van der Waals surface area contributed by atoms with Crippen molar-refractivity contribution in [3.8, 4) is 0 Å². The fraction of sp³-hybridized carbons (Fsp3) is 0.594. The number of sulfone groups is 1. The van der Waals surface area contributed by atoms with E-state index in [9.17, 15) is 18.0 Å². The van der Waals surface area contributed by atoms with E-state index < -0.39 is 9.84 Å². The van der Waals surface area contributed by atoms with Crippen LogP contribution >= 0.6 is 0 Å². The number of nitrogens with one attached hydrogen (secondary N) is 1. The van der Waals surface area contributed by atoms with Gasteiger partial charge in [0.05, 0.1) is 29.0 Å². The highest BCUT2D eigenvalue weighted by Crippen LogP contribution is 2.60. The highest BCUT2D eigenvalue weighted by atomic mass is 32.2. The molecule has 2 aromatic rings. The van der Waals surface area contributed by atoms with Gasteiger partial charge in [0.1, 0.15) is 15.7 Å². The topological polar surface area (TPSA) is 132 Å². The van der Waals surface area contributed by atoms with Gasteiger partial charge in [0.15, 0.2) is 0 Å². The average molecular weight is 622 g/mol. The maximum absolute atomic E-state index is 13.8. The standard InChI is InChI=1S/C32H43N7O4S/c1-44(42,43)15-14-36-8-10-37(11-9-36)25-6-7-28(34-21-25)38-12-13-39(27-5-3-2-4-26(27)38)31(41)35-29-23-16-22-17-24(29)20-32(18-22,19-23)30(33)40/h2-7,21-24,29H,8-20H2,1H3,(H2,33,40)(H,35,41). The van der Waals surface area contributed by atoms with Crippen LogP contribution in [0.2, 0.25) is 0 Å². The molecule has 5 fully saturated rings. The third-order valence-corrected chi connectivity index (χ3v) is 11.8. The first-order valence-electron chi connectivity index (χ1n) is 15.9. The monoisotopic (exact) mass is 621 g/mol. The van der Waals surface area contributed by atoms with Gasteiger partial charge >= 0.3 is 6.03 Å². The van der Waals surface area contributed by atoms with Crippen LogP contribution in [-0.4, -0.2) is 94.1 Å². The number of urea groups is 1. The summed E-state index contributed by atoms with van der Waals surface area (Å²) in [5.41, 5.74) is 8.38. The van der Waals surface area contributed by atoms with Crippen LogP contribution in [0.25, 0.3) is 0 Å². The number of primary amides is 1. The lowest BCUT2D eigenvalue weighted by atomic mass is 9.47. The number of anilines is 4. The molecule has 6 aliphatic rings. The number of carbonyl (C=O) groups is 2. The lowest BCUT2D eigenvalue weighted by Gasteiger charge is -2.59. The number of amides is 3. The Kier molecular flexibility index (Phi) is 7.47. The summed E-state index contributed by atoms with van der Waals surface area (Å²) >= 11 is 0. The molecule has 4 aliphatic carbocycles. The van der Waals surface area contributed by atoms with Gasteiger partial charge in [0.25, 0.3) is 0 Å². The maximum Gasteiger partial charge on any atom is 0.322 e. The van der Waals surface area contributed by atoms with Crippen molar-refractivity contribution in [3.05, 3.63) is 42.6 Å². The third kappa shape index (κ3) is 5.51. The van der Waals surface area contributed by atoms with E-state index in [0.717, 1.165) is 81.2 Å². The second-order valence-corrected chi connectivity index (χ2v) is 16.0. The smallest absolute Gasteiger partial charge is 0.322 e. The number of pyridine rings is 1. The Balaban J connectivity index is 1.01. The summed E-state index contributed by atoms with van der Waals surface area (Å²) in [6.07, 6.45) is 7.85. The van der Waals surface area contributed by atoms with Crippen LogP contribution in [0.3, 0.4) is 0 Å². The molecule has 2 aliphatic heterocycles. The molecule has 4 bridgehead atoms. The molecular weight excluding hydrogens is 578 g/mol. The molecule has 1 aromatic heterocycles. The zero-order valence-corrected chi connectivity index (χ0v) is 26.2. The van der Waals surface area contributed by atoms with Gasteiger partial charge in [-0.1, -0.05) is 12.1 Å². The molecule has 2 atom stereocenters. The molecule has 44 heavy (non-hydrogen) atoms. The number of aromatic nitrogens is 1. The van der Waals surface area contributed by atoms with Crippen LogP contribution in [0.15, 0.2) is 42.6 Å². The second-order valence-electron chi connectivity index (χ2n) is 13.7. The Morgan fingerprint density at radius 3 is 2.30 bits per heavy atom. The predicted molar refractivity (Wildman–Crippen MR) is 171 cm³/mol. The molecule has 1 saturated heterocycles. The van der Waals surface area contributed by atoms with Gasteiger partial charge in [-0.3, -0.25) is 14.6 Å². The molecule has 3 heterocycles. The summed E-state index contributed by atoms with van der Waals surface area (Å²) in [6.45, 7) is 5.04. The molecule has 4 saturated carbocycles. The highest BCUT2D eigenvalue weighted by Gasteiger charge is 2.58. The number of hydrogen-bond donors (Lipinski definition) is 2. The van der Waals surface area contributed by atoms with Crippen LogP contribution in [0.5, 0.6) is 0 Å². The first kappa shape index (κ1) is 29.3. The third-order valence-electron chi connectivity index (χ3n) is 10.9. The number of rotatable bonds is 7. The van der Waals surface area contributed by atoms with Gasteiger partial charge in [-0.05, 0) is 74.1 Å². The number of nitrogens with zero attached hydrogens (tertiary/aromatic N) is 5. The van der Waals surface area contributed by atoms with E-state index in [2.05, 4.69) is 26.1 Å². The Morgan fingerprint density at radius 2 is 1.66 bits per heavy atom. The molecule has 2 unspecified atom stereocenters. The fourth-order valence-electron chi connectivity index (χ4n) is 8.84. The van der Waals surface area contributed by atoms with E-state index in [1.807, 2.05) is 41.4 Å². The van der Waals surface area contributed by atoms with E-state index in [-0.39, 0.29) is 29.1 Å². The van der Waals surface area contributed by atoms with Crippen molar-refractivity contribution < 1.29 is 18.0 Å². The zero-order chi connectivity index (χ0) is 30.6. The van der Waals surface area contributed by atoms with Crippen molar-refractivity contribution in [2.45, 2.75) is 38.1 Å². The van der Waals surface area contributed by atoms with Crippen molar-refractivity contribution in [3.63, 3.8) is 0 Å². The van der Waals surface area contributed by atoms with Gasteiger partial charge in [-0.25, -0.2) is 18.2 Å². The Bertz CT molecular complexity index is 1510. The van der Waals surface area contributed by atoms with Gasteiger partial charge in [0, 0.05) is 63.5 Å². The molecule has 8 rings (SSSR count). The average Bonchev–Trinajstić information content (AvgIpc) is 3.01. The van der Waals surface area contributed by atoms with Gasteiger partial charge in [-0.2, -0.15) is 0 Å². The molecule has 236 valence electrons. The molecule has 0 spiro atoms. The van der Waals surface area contributed by atoms with Crippen molar-refractivity contribution in [1.29, 1.82) is 0 Å². The lowest BCUT2D eigenvalue weighted by molar-refractivity contribution is -0.145. The summed E-state index contributed by atoms with van der Waals surface area (Å²) in [7, 11) is -2.96. The zero-order valence-electron chi connectivity index (χ0n) is 25.4. The SMILES string of the molecule is CS(=O)(=O)CCN1CCN(c2ccc(N3CCN(C(=O)NC4C5CC6CC4CC(C(N)=O)(C6)C5)c4ccccc43)nc2)CC1. The van der Waals surface area contributed by atoms with Crippen molar-refractivity contribution in [2.75, 3.05) is 72.5 Å². The summed E-state index contributed by atoms with van der Waals surface area (Å²) in [5.74, 6) is 2.05. The molecule has 3 N–H and O–H groups in total. The van der Waals surface area contributed by atoms with Crippen LogP contribution < -0.4 is 25.8 Å². The van der Waals surface area contributed by atoms with E-state index in [1.54, 1.807) is 0 Å². The van der Waals surface area contributed by atoms with Crippen molar-refractivity contribution >= 4 is 44.7 Å². The maximum atomic E-state index is 13.8. The number of fused-ring (bicyclic) bond motifs is 1. The van der Waals surface area contributed by atoms with Crippen molar-refractivity contribution in [2.24, 2.45) is 28.9 Å². The predicted octanol–water partition coefficient (Wildman–Crippen LogP) is 2.60. The Hall–Kier alpha value is -3.38. The minimum atomic E-state index is -2.96. The summed E-state index contributed by atoms with van der Waals surface area (Å²) < 4.78 is 23.0. The van der Waals surface area contributed by atoms with Crippen molar-refractivity contribution in [1.82, 2.24) is 15.2 Å². The minimum Gasteiger partial charge on any atom is -0.369 e. The summed E-state index contributed by atoms with van der Waals surface area (Å²) in [5, 5.41) is 3.41. The van der Waals surface area contributed by atoms with E-state index in [4.69, 9.17) is 10.7 Å². The summed E-state index contributed by atoms with van der Waals surface area (Å²) in [4.78, 5) is 39.5. The number of benzene rings is 1. The van der Waals surface area contributed by atoms with Crippen LogP contribution in [0.4, 0.5) is 27.7 Å². The van der Waals surface area contributed by atoms with Crippen LogP contribution in [-0.2, 0) is 14.6 Å². The van der Waals surface area contributed by atoms with Crippen LogP contribution in [0, 0.1) is 23.2 Å². The lowest BCUT2D eigenvalue weighted by Crippen LogP contribution is -2.63. The van der Waals surface area contributed by atoms with Crippen LogP contribution in [0.1, 0.15) is 32.1 Å². The molecule has 12 heteroatoms. The number of piperazine rings is 1. The minimum absolute atomic E-state index is 0.0679. The van der Waals surface area contributed by atoms with Gasteiger partial charge in [-0.15, -0.1) is 0 Å². The fourth-order valence-corrected chi connectivity index (χ4v) is 9.43. The normalized spacial score (nSPS) is 29.9. The second kappa shape index (κ2) is 11.2. The van der Waals surface area contributed by atoms with E-state index in [1.165, 1.54) is 6.26 Å². The molecule has 0 radical (unpaired) electrons. The van der Waals surface area contributed by atoms with E-state index >= 15 is 0 Å². The number of hydrogen-bond acceptors (Lipinski definition) is 8. The molecule has 1 aromatic carbocycles. The number of nitrogens with two attached hydrogens (primary N) is 1. The molecule has 3 amide bonds. The Morgan fingerprint density at radius 1 is 0.955 bits per heavy atom. The number of para-hydroxylation sites is 2. The number of carbonyl (C=O) groups excluding carboxylic acids is 2. The first-order chi connectivity index (χ1) is 21.1. The summed E-state index contributed by atoms with van der Waals surface area (Å²) in [6, 6.07) is 12.2. The van der Waals surface area contributed by atoms with E-state index in [0.29, 0.717) is 37.4 Å². The largest absolute Gasteiger partial charge is 0.369 e. The molecular formula is C32H43N7O4S. The first-order valence-corrected chi connectivity index (χ1v) is 18.0. The highest BCUT2D eigenvalue weighted by molar-refractivity contribution is 7.90. The Labute approximate surface area is 259 Å². The molecule has 11 nitrogen and oxygen atoms in total.